The number of carbonyl (C=O) groups is 2. The van der Waals surface area contributed by atoms with Crippen LogP contribution in [0.5, 0.6) is 0 Å². The molecule has 0 saturated carbocycles. The van der Waals surface area contributed by atoms with Crippen molar-refractivity contribution in [2.75, 3.05) is 25.4 Å². The lowest BCUT2D eigenvalue weighted by Gasteiger charge is -2.36. The van der Waals surface area contributed by atoms with E-state index in [0.29, 0.717) is 30.8 Å². The Morgan fingerprint density at radius 1 is 1.38 bits per heavy atom. The zero-order valence-corrected chi connectivity index (χ0v) is 12.1. The van der Waals surface area contributed by atoms with Crippen molar-refractivity contribution in [3.05, 3.63) is 29.8 Å². The standard InChI is InChI=1S/C15H21N3O3/c1-15(21)7-2-8-18(10-15)13(19)9-17-14(20)11-3-5-12(16)6-4-11/h3-6,21H,2,7-10,16H2,1H3,(H,17,20). The quantitative estimate of drug-likeness (QED) is 0.701. The first kappa shape index (κ1) is 15.3. The number of hydrogen-bond acceptors (Lipinski definition) is 4. The summed E-state index contributed by atoms with van der Waals surface area (Å²) in [5.41, 5.74) is 5.76. The highest BCUT2D eigenvalue weighted by Crippen LogP contribution is 2.20. The molecule has 1 aliphatic rings. The molecule has 6 heteroatoms. The van der Waals surface area contributed by atoms with Gasteiger partial charge in [-0.1, -0.05) is 0 Å². The summed E-state index contributed by atoms with van der Waals surface area (Å²) in [6.07, 6.45) is 1.46. The minimum absolute atomic E-state index is 0.0701. The minimum Gasteiger partial charge on any atom is -0.399 e. The van der Waals surface area contributed by atoms with Gasteiger partial charge in [0.05, 0.1) is 12.1 Å². The second-order valence-electron chi connectivity index (χ2n) is 5.72. The lowest BCUT2D eigenvalue weighted by Crippen LogP contribution is -2.51. The minimum atomic E-state index is -0.838. The number of amides is 2. The van der Waals surface area contributed by atoms with E-state index >= 15 is 0 Å². The number of carbonyl (C=O) groups excluding carboxylic acids is 2. The first-order valence-electron chi connectivity index (χ1n) is 7.01. The van der Waals surface area contributed by atoms with Crippen LogP contribution in [0.25, 0.3) is 0 Å². The van der Waals surface area contributed by atoms with Gasteiger partial charge in [-0.25, -0.2) is 0 Å². The van der Waals surface area contributed by atoms with Gasteiger partial charge in [0.15, 0.2) is 0 Å². The van der Waals surface area contributed by atoms with Crippen molar-refractivity contribution in [1.29, 1.82) is 0 Å². The van der Waals surface area contributed by atoms with Crippen molar-refractivity contribution >= 4 is 17.5 Å². The zero-order valence-electron chi connectivity index (χ0n) is 12.1. The normalized spacial score (nSPS) is 21.9. The maximum Gasteiger partial charge on any atom is 0.251 e. The molecular weight excluding hydrogens is 270 g/mol. The van der Waals surface area contributed by atoms with Crippen LogP contribution >= 0.6 is 0 Å². The van der Waals surface area contributed by atoms with E-state index in [2.05, 4.69) is 5.32 Å². The van der Waals surface area contributed by atoms with Crippen molar-refractivity contribution in [3.63, 3.8) is 0 Å². The number of hydrogen-bond donors (Lipinski definition) is 3. The maximum atomic E-state index is 12.1. The summed E-state index contributed by atoms with van der Waals surface area (Å²) in [7, 11) is 0. The fourth-order valence-corrected chi connectivity index (χ4v) is 2.44. The van der Waals surface area contributed by atoms with Gasteiger partial charge in [-0.05, 0) is 44.0 Å². The van der Waals surface area contributed by atoms with Crippen LogP contribution < -0.4 is 11.1 Å². The number of rotatable bonds is 3. The Bertz CT molecular complexity index is 525. The predicted molar refractivity (Wildman–Crippen MR) is 79.6 cm³/mol. The third-order valence-corrected chi connectivity index (χ3v) is 3.60. The summed E-state index contributed by atoms with van der Waals surface area (Å²) in [5.74, 6) is -0.495. The monoisotopic (exact) mass is 291 g/mol. The lowest BCUT2D eigenvalue weighted by atomic mass is 9.95. The number of benzene rings is 1. The number of nitrogens with one attached hydrogen (secondary N) is 1. The molecule has 0 aliphatic carbocycles. The van der Waals surface area contributed by atoms with Crippen LogP contribution in [0.4, 0.5) is 5.69 Å². The summed E-state index contributed by atoms with van der Waals surface area (Å²) >= 11 is 0. The van der Waals surface area contributed by atoms with Crippen molar-refractivity contribution in [2.45, 2.75) is 25.4 Å². The molecule has 0 bridgehead atoms. The molecule has 1 aliphatic heterocycles. The van der Waals surface area contributed by atoms with Gasteiger partial charge in [-0.2, -0.15) is 0 Å². The molecule has 114 valence electrons. The zero-order chi connectivity index (χ0) is 15.5. The molecule has 6 nitrogen and oxygen atoms in total. The third kappa shape index (κ3) is 4.19. The summed E-state index contributed by atoms with van der Waals surface area (Å²) in [6, 6.07) is 6.50. The van der Waals surface area contributed by atoms with E-state index in [1.54, 1.807) is 36.1 Å². The van der Waals surface area contributed by atoms with Crippen LogP contribution in [0.2, 0.25) is 0 Å². The molecule has 0 aromatic heterocycles. The van der Waals surface area contributed by atoms with Gasteiger partial charge in [0, 0.05) is 24.3 Å². The van der Waals surface area contributed by atoms with Gasteiger partial charge >= 0.3 is 0 Å². The highest BCUT2D eigenvalue weighted by atomic mass is 16.3. The number of nitrogen functional groups attached to an aromatic ring is 1. The SMILES string of the molecule is CC1(O)CCCN(C(=O)CNC(=O)c2ccc(N)cc2)C1. The van der Waals surface area contributed by atoms with Crippen LogP contribution in [0.1, 0.15) is 30.1 Å². The van der Waals surface area contributed by atoms with Gasteiger partial charge in [0.25, 0.3) is 5.91 Å². The third-order valence-electron chi connectivity index (χ3n) is 3.60. The molecule has 4 N–H and O–H groups in total. The van der Waals surface area contributed by atoms with Gasteiger partial charge in [-0.15, -0.1) is 0 Å². The van der Waals surface area contributed by atoms with E-state index < -0.39 is 5.60 Å². The van der Waals surface area contributed by atoms with Crippen LogP contribution in [0.3, 0.4) is 0 Å². The fourth-order valence-electron chi connectivity index (χ4n) is 2.44. The molecule has 1 heterocycles. The number of piperidine rings is 1. The fraction of sp³-hybridized carbons (Fsp3) is 0.467. The number of nitrogens with zero attached hydrogens (tertiary/aromatic N) is 1. The smallest absolute Gasteiger partial charge is 0.251 e. The Morgan fingerprint density at radius 2 is 2.05 bits per heavy atom. The van der Waals surface area contributed by atoms with Gasteiger partial charge < -0.3 is 21.1 Å². The van der Waals surface area contributed by atoms with Crippen molar-refractivity contribution in [1.82, 2.24) is 10.2 Å². The summed E-state index contributed by atoms with van der Waals surface area (Å²) < 4.78 is 0. The molecule has 21 heavy (non-hydrogen) atoms. The lowest BCUT2D eigenvalue weighted by molar-refractivity contribution is -0.136. The average molecular weight is 291 g/mol. The van der Waals surface area contributed by atoms with Crippen LogP contribution in [0, 0.1) is 0 Å². The number of aliphatic hydroxyl groups is 1. The molecule has 0 spiro atoms. The highest BCUT2D eigenvalue weighted by molar-refractivity contribution is 5.96. The van der Waals surface area contributed by atoms with Crippen molar-refractivity contribution in [3.8, 4) is 0 Å². The second-order valence-corrected chi connectivity index (χ2v) is 5.72. The molecule has 0 radical (unpaired) electrons. The van der Waals surface area contributed by atoms with E-state index in [9.17, 15) is 14.7 Å². The van der Waals surface area contributed by atoms with E-state index in [-0.39, 0.29) is 18.4 Å². The van der Waals surface area contributed by atoms with E-state index in [1.807, 2.05) is 0 Å². The van der Waals surface area contributed by atoms with Crippen LogP contribution in [0.15, 0.2) is 24.3 Å². The largest absolute Gasteiger partial charge is 0.399 e. The first-order chi connectivity index (χ1) is 9.87. The molecule has 1 aromatic carbocycles. The van der Waals surface area contributed by atoms with E-state index in [4.69, 9.17) is 5.73 Å². The van der Waals surface area contributed by atoms with E-state index in [0.717, 1.165) is 6.42 Å². The summed E-state index contributed by atoms with van der Waals surface area (Å²) in [6.45, 7) is 2.58. The van der Waals surface area contributed by atoms with Gasteiger partial charge in [-0.3, -0.25) is 9.59 Å². The van der Waals surface area contributed by atoms with Crippen LogP contribution in [-0.2, 0) is 4.79 Å². The maximum absolute atomic E-state index is 12.1. The molecular formula is C15H21N3O3. The summed E-state index contributed by atoms with van der Waals surface area (Å²) in [5, 5.41) is 12.6. The Kier molecular flexibility index (Phi) is 4.47. The van der Waals surface area contributed by atoms with Crippen LogP contribution in [-0.4, -0.2) is 47.1 Å². The molecule has 1 aromatic rings. The number of β-amino-alcohol motifs (C(OH)–C–C–N with tert-alkyl or cyclic N) is 1. The van der Waals surface area contributed by atoms with Gasteiger partial charge in [0.1, 0.15) is 0 Å². The number of likely N-dealkylation sites (tertiary alicyclic amines) is 1. The average Bonchev–Trinajstić information content (AvgIpc) is 2.44. The molecule has 2 amide bonds. The molecule has 1 atom stereocenters. The molecule has 2 rings (SSSR count). The van der Waals surface area contributed by atoms with Crippen molar-refractivity contribution in [2.24, 2.45) is 0 Å². The summed E-state index contributed by atoms with van der Waals surface area (Å²) in [4.78, 5) is 25.5. The second kappa shape index (κ2) is 6.13. The highest BCUT2D eigenvalue weighted by Gasteiger charge is 2.30. The topological polar surface area (TPSA) is 95.7 Å². The predicted octanol–water partition coefficient (Wildman–Crippen LogP) is 0.372. The number of anilines is 1. The molecule has 1 fully saturated rings. The molecule has 1 saturated heterocycles. The Balaban J connectivity index is 1.86. The Hall–Kier alpha value is -2.08. The van der Waals surface area contributed by atoms with Gasteiger partial charge in [0.2, 0.25) is 5.91 Å². The Morgan fingerprint density at radius 3 is 2.67 bits per heavy atom. The Labute approximate surface area is 123 Å². The number of nitrogens with two attached hydrogens (primary N) is 1. The first-order valence-corrected chi connectivity index (χ1v) is 7.01. The molecule has 1 unspecified atom stereocenters. The van der Waals surface area contributed by atoms with Crippen molar-refractivity contribution < 1.29 is 14.7 Å². The van der Waals surface area contributed by atoms with E-state index in [1.165, 1.54) is 0 Å².